The highest BCUT2D eigenvalue weighted by Gasteiger charge is 2.38. The van der Waals surface area contributed by atoms with Crippen molar-refractivity contribution in [3.63, 3.8) is 0 Å². The van der Waals surface area contributed by atoms with Gasteiger partial charge in [0, 0.05) is 12.6 Å². The van der Waals surface area contributed by atoms with Gasteiger partial charge in [-0.05, 0) is 22.3 Å². The molecule has 2 N–H and O–H groups in total. The molecule has 4 aromatic carbocycles. The van der Waals surface area contributed by atoms with Gasteiger partial charge in [-0.25, -0.2) is 14.6 Å². The van der Waals surface area contributed by atoms with Gasteiger partial charge in [-0.3, -0.25) is 0 Å². The maximum absolute atomic E-state index is 12.4. The number of carbonyl (C=O) groups is 2. The van der Waals surface area contributed by atoms with Crippen LogP contribution >= 0.6 is 0 Å². The van der Waals surface area contributed by atoms with E-state index in [4.69, 9.17) is 4.74 Å². The van der Waals surface area contributed by atoms with E-state index in [1.165, 1.54) is 0 Å². The van der Waals surface area contributed by atoms with Crippen molar-refractivity contribution in [1.29, 1.82) is 0 Å². The molecule has 1 atom stereocenters. The third kappa shape index (κ3) is 5.63. The highest BCUT2D eigenvalue weighted by atomic mass is 16.5. The number of aliphatic carboxylic acids is 1. The lowest BCUT2D eigenvalue weighted by Gasteiger charge is -2.37. The third-order valence-corrected chi connectivity index (χ3v) is 6.81. The lowest BCUT2D eigenvalue weighted by molar-refractivity contribution is -0.139. The van der Waals surface area contributed by atoms with Crippen LogP contribution in [0, 0.1) is 0 Å². The van der Waals surface area contributed by atoms with E-state index in [1.807, 2.05) is 95.7 Å². The molecule has 0 saturated heterocycles. The Morgan fingerprint density at radius 3 is 1.73 bits per heavy atom. The van der Waals surface area contributed by atoms with E-state index in [9.17, 15) is 14.7 Å². The first kappa shape index (κ1) is 26.4. The van der Waals surface area contributed by atoms with E-state index in [0.29, 0.717) is 5.69 Å². The Hall–Kier alpha value is -5.17. The van der Waals surface area contributed by atoms with E-state index in [0.717, 1.165) is 22.3 Å². The van der Waals surface area contributed by atoms with Gasteiger partial charge in [-0.1, -0.05) is 121 Å². The first-order valence-corrected chi connectivity index (χ1v) is 13.0. The van der Waals surface area contributed by atoms with Crippen molar-refractivity contribution in [2.75, 3.05) is 0 Å². The number of alkyl carbamates (subject to hydrolysis) is 1. The first-order valence-electron chi connectivity index (χ1n) is 13.0. The van der Waals surface area contributed by atoms with Crippen molar-refractivity contribution in [3.8, 4) is 0 Å². The van der Waals surface area contributed by atoms with Crippen molar-refractivity contribution in [2.24, 2.45) is 0 Å². The number of ether oxygens (including phenoxy) is 1. The second-order valence-electron chi connectivity index (χ2n) is 9.38. The number of carboxylic acids is 1. The van der Waals surface area contributed by atoms with Crippen LogP contribution in [0.4, 0.5) is 4.79 Å². The summed E-state index contributed by atoms with van der Waals surface area (Å²) in [4.78, 5) is 29.1. The first-order chi connectivity index (χ1) is 19.6. The summed E-state index contributed by atoms with van der Waals surface area (Å²) in [7, 11) is 0. The molecular weight excluding hydrogens is 502 g/mol. The molecule has 7 nitrogen and oxygen atoms in total. The quantitative estimate of drug-likeness (QED) is 0.227. The van der Waals surface area contributed by atoms with Crippen molar-refractivity contribution in [1.82, 2.24) is 14.9 Å². The molecule has 1 amide bonds. The standard InChI is InChI=1S/C33H29N3O4/c37-31(38)30(35-32(39)40-23-25-13-5-1-6-14-25)21-29-22-36(24-34-29)33(26-15-7-2-8-16-26,27-17-9-3-10-18-27)28-19-11-4-12-20-28/h1-20,22,24,30H,21,23H2,(H,35,39)(H,37,38)/t30-/m1/s1. The van der Waals surface area contributed by atoms with E-state index in [-0.39, 0.29) is 13.0 Å². The fraction of sp³-hybridized carbons (Fsp3) is 0.121. The monoisotopic (exact) mass is 531 g/mol. The summed E-state index contributed by atoms with van der Waals surface area (Å²) in [5.41, 5.74) is 3.62. The predicted molar refractivity (Wildman–Crippen MR) is 152 cm³/mol. The molecule has 1 heterocycles. The lowest BCUT2D eigenvalue weighted by Crippen LogP contribution is -2.42. The highest BCUT2D eigenvalue weighted by molar-refractivity contribution is 5.80. The maximum atomic E-state index is 12.4. The van der Waals surface area contributed by atoms with E-state index in [1.54, 1.807) is 6.33 Å². The minimum absolute atomic E-state index is 0.0166. The molecular formula is C33H29N3O4. The lowest BCUT2D eigenvalue weighted by atomic mass is 9.77. The van der Waals surface area contributed by atoms with Crippen molar-refractivity contribution in [2.45, 2.75) is 24.6 Å². The second kappa shape index (κ2) is 12.1. The molecule has 0 aliphatic carbocycles. The molecule has 200 valence electrons. The zero-order chi connectivity index (χ0) is 27.8. The summed E-state index contributed by atoms with van der Waals surface area (Å²) < 4.78 is 7.25. The number of imidazole rings is 1. The van der Waals surface area contributed by atoms with Crippen LogP contribution < -0.4 is 5.32 Å². The Morgan fingerprint density at radius 1 is 0.775 bits per heavy atom. The molecule has 5 rings (SSSR count). The molecule has 0 spiro atoms. The number of nitrogens with one attached hydrogen (secondary N) is 1. The average Bonchev–Trinajstić information content (AvgIpc) is 3.47. The molecule has 7 heteroatoms. The summed E-state index contributed by atoms with van der Waals surface area (Å²) in [6, 6.07) is 38.3. The Bertz CT molecular complexity index is 1440. The van der Waals surface area contributed by atoms with Gasteiger partial charge in [0.15, 0.2) is 0 Å². The van der Waals surface area contributed by atoms with Crippen molar-refractivity contribution in [3.05, 3.63) is 162 Å². The van der Waals surface area contributed by atoms with E-state index < -0.39 is 23.6 Å². The largest absolute Gasteiger partial charge is 0.480 e. The van der Waals surface area contributed by atoms with Gasteiger partial charge < -0.3 is 19.7 Å². The summed E-state index contributed by atoms with van der Waals surface area (Å²) >= 11 is 0. The van der Waals surface area contributed by atoms with Gasteiger partial charge in [0.1, 0.15) is 18.2 Å². The minimum Gasteiger partial charge on any atom is -0.480 e. The predicted octanol–water partition coefficient (Wildman–Crippen LogP) is 5.65. The van der Waals surface area contributed by atoms with Crippen LogP contribution in [0.25, 0.3) is 0 Å². The fourth-order valence-electron chi connectivity index (χ4n) is 4.95. The highest BCUT2D eigenvalue weighted by Crippen LogP contribution is 2.40. The molecule has 0 bridgehead atoms. The molecule has 0 aliphatic heterocycles. The molecule has 1 aromatic heterocycles. The minimum atomic E-state index is -1.22. The summed E-state index contributed by atoms with van der Waals surface area (Å²) in [6.07, 6.45) is 2.74. The van der Waals surface area contributed by atoms with Gasteiger partial charge in [0.05, 0.1) is 12.0 Å². The molecule has 0 fully saturated rings. The van der Waals surface area contributed by atoms with Gasteiger partial charge >= 0.3 is 12.1 Å². The van der Waals surface area contributed by atoms with Gasteiger partial charge in [0.25, 0.3) is 0 Å². The van der Waals surface area contributed by atoms with Crippen LogP contribution in [0.3, 0.4) is 0 Å². The van der Waals surface area contributed by atoms with Gasteiger partial charge in [-0.2, -0.15) is 0 Å². The summed E-state index contributed by atoms with van der Waals surface area (Å²) in [5, 5.41) is 12.3. The van der Waals surface area contributed by atoms with Crippen LogP contribution in [-0.4, -0.2) is 32.8 Å². The number of hydrogen-bond donors (Lipinski definition) is 2. The Morgan fingerprint density at radius 2 is 1.25 bits per heavy atom. The Balaban J connectivity index is 1.47. The Labute approximate surface area is 232 Å². The normalized spacial score (nSPS) is 11.9. The maximum Gasteiger partial charge on any atom is 0.408 e. The number of aromatic nitrogens is 2. The average molecular weight is 532 g/mol. The number of carbonyl (C=O) groups excluding carboxylic acids is 1. The van der Waals surface area contributed by atoms with Crippen LogP contribution in [0.5, 0.6) is 0 Å². The van der Waals surface area contributed by atoms with Crippen LogP contribution in [0.15, 0.2) is 134 Å². The topological polar surface area (TPSA) is 93.5 Å². The van der Waals surface area contributed by atoms with Crippen LogP contribution in [-0.2, 0) is 28.1 Å². The smallest absolute Gasteiger partial charge is 0.408 e. The van der Waals surface area contributed by atoms with Gasteiger partial charge in [-0.15, -0.1) is 0 Å². The molecule has 0 unspecified atom stereocenters. The second-order valence-corrected chi connectivity index (χ2v) is 9.38. The summed E-state index contributed by atoms with van der Waals surface area (Å²) in [6.45, 7) is 0.0430. The van der Waals surface area contributed by atoms with Crippen LogP contribution in [0.2, 0.25) is 0 Å². The molecule has 0 radical (unpaired) electrons. The van der Waals surface area contributed by atoms with E-state index in [2.05, 4.69) is 46.7 Å². The van der Waals surface area contributed by atoms with Crippen LogP contribution in [0.1, 0.15) is 27.9 Å². The number of nitrogens with zero attached hydrogens (tertiary/aromatic N) is 2. The third-order valence-electron chi connectivity index (χ3n) is 6.81. The zero-order valence-corrected chi connectivity index (χ0v) is 21.8. The molecule has 0 saturated carbocycles. The Kier molecular flexibility index (Phi) is 8.02. The number of rotatable bonds is 10. The van der Waals surface area contributed by atoms with Crippen molar-refractivity contribution >= 4 is 12.1 Å². The number of amides is 1. The zero-order valence-electron chi connectivity index (χ0n) is 21.8. The van der Waals surface area contributed by atoms with Gasteiger partial charge in [0.2, 0.25) is 0 Å². The SMILES string of the molecule is O=C(N[C@H](Cc1cn(C(c2ccccc2)(c2ccccc2)c2ccccc2)cn1)C(=O)O)OCc1ccccc1. The molecule has 5 aromatic rings. The summed E-state index contributed by atoms with van der Waals surface area (Å²) in [5.74, 6) is -1.17. The number of benzene rings is 4. The molecule has 40 heavy (non-hydrogen) atoms. The van der Waals surface area contributed by atoms with E-state index >= 15 is 0 Å². The fourth-order valence-corrected chi connectivity index (χ4v) is 4.95. The molecule has 0 aliphatic rings. The number of carboxylic acid groups (broad SMARTS) is 1. The van der Waals surface area contributed by atoms with Crippen molar-refractivity contribution < 1.29 is 19.4 Å². The number of hydrogen-bond acceptors (Lipinski definition) is 4.